The highest BCUT2D eigenvalue weighted by atomic mass is 16.6. The van der Waals surface area contributed by atoms with Gasteiger partial charge in [-0.3, -0.25) is 9.79 Å². The van der Waals surface area contributed by atoms with E-state index in [1.54, 1.807) is 20.1 Å². The molecule has 1 spiro atoms. The molecular formula is C35H46N6O8. The van der Waals surface area contributed by atoms with Gasteiger partial charge in [-0.1, -0.05) is 13.8 Å². The number of hydrogen-bond donors (Lipinski definition) is 4. The maximum Gasteiger partial charge on any atom is 0.342 e. The highest BCUT2D eigenvalue weighted by Gasteiger charge is 2.67. The van der Waals surface area contributed by atoms with Crippen molar-refractivity contribution in [3.8, 4) is 0 Å². The average Bonchev–Trinajstić information content (AvgIpc) is 3.45. The fourth-order valence-electron chi connectivity index (χ4n) is 8.76. The van der Waals surface area contributed by atoms with E-state index in [1.807, 2.05) is 6.92 Å². The molecule has 0 radical (unpaired) electrons. The second-order valence-electron chi connectivity index (χ2n) is 14.4. The van der Waals surface area contributed by atoms with Crippen LogP contribution < -0.4 is 11.1 Å². The van der Waals surface area contributed by atoms with E-state index in [9.17, 15) is 24.6 Å². The number of esters is 2. The van der Waals surface area contributed by atoms with Gasteiger partial charge in [-0.05, 0) is 69.3 Å². The van der Waals surface area contributed by atoms with Gasteiger partial charge in [0, 0.05) is 35.6 Å². The van der Waals surface area contributed by atoms with Crippen LogP contribution in [-0.4, -0.2) is 100 Å². The number of aliphatic hydroxyl groups is 2. The van der Waals surface area contributed by atoms with E-state index in [2.05, 4.69) is 32.2 Å². The fourth-order valence-corrected chi connectivity index (χ4v) is 8.76. The lowest BCUT2D eigenvalue weighted by molar-refractivity contribution is -0.177. The first-order valence-corrected chi connectivity index (χ1v) is 17.1. The van der Waals surface area contributed by atoms with Crippen molar-refractivity contribution in [2.24, 2.45) is 32.7 Å². The summed E-state index contributed by atoms with van der Waals surface area (Å²) in [5, 5.41) is 25.1. The number of aromatic nitrogens is 2. The molecule has 2 saturated carbocycles. The number of nitrogen functional groups attached to an aromatic ring is 1. The summed E-state index contributed by atoms with van der Waals surface area (Å²) in [5.74, 6) is -1.19. The molecule has 6 rings (SSSR count). The number of ether oxygens (including phenoxy) is 3. The molecule has 1 aromatic heterocycles. The molecule has 5 aliphatic rings. The van der Waals surface area contributed by atoms with Gasteiger partial charge >= 0.3 is 11.9 Å². The number of aliphatic hydroxyl groups excluding tert-OH is 2. The molecule has 0 aromatic carbocycles. The van der Waals surface area contributed by atoms with Crippen LogP contribution in [-0.2, 0) is 28.6 Å². The predicted octanol–water partition coefficient (Wildman–Crippen LogP) is 1.95. The van der Waals surface area contributed by atoms with Gasteiger partial charge in [-0.25, -0.2) is 24.5 Å². The number of rotatable bonds is 12. The summed E-state index contributed by atoms with van der Waals surface area (Å²) < 4.78 is 17.3. The third kappa shape index (κ3) is 6.46. The van der Waals surface area contributed by atoms with Crippen LogP contribution in [0.4, 0.5) is 5.95 Å². The number of nitrogens with zero attached hydrogens (tertiary/aromatic N) is 4. The van der Waals surface area contributed by atoms with E-state index in [0.717, 1.165) is 12.8 Å². The van der Waals surface area contributed by atoms with Crippen molar-refractivity contribution >= 4 is 41.3 Å². The van der Waals surface area contributed by atoms with Gasteiger partial charge in [0.15, 0.2) is 5.78 Å². The minimum absolute atomic E-state index is 0.00702. The lowest BCUT2D eigenvalue weighted by Gasteiger charge is -2.61. The van der Waals surface area contributed by atoms with Crippen LogP contribution >= 0.6 is 0 Å². The fraction of sp³-hybridized carbons (Fsp3) is 0.629. The molecular weight excluding hydrogens is 632 g/mol. The number of amidine groups is 1. The number of cyclic esters (lactones) is 1. The molecule has 3 fully saturated rings. The summed E-state index contributed by atoms with van der Waals surface area (Å²) in [7, 11) is 0. The van der Waals surface area contributed by atoms with Gasteiger partial charge in [-0.2, -0.15) is 0 Å². The van der Waals surface area contributed by atoms with Gasteiger partial charge in [-0.15, -0.1) is 0 Å². The number of aliphatic imine (C=N–C) groups is 2. The number of fused-ring (bicyclic) bond motifs is 1. The van der Waals surface area contributed by atoms with Crippen LogP contribution in [0.15, 0.2) is 39.8 Å². The summed E-state index contributed by atoms with van der Waals surface area (Å²) >= 11 is 0. The molecule has 1 aromatic rings. The van der Waals surface area contributed by atoms with Crippen LogP contribution in [0.3, 0.4) is 0 Å². The van der Waals surface area contributed by atoms with Crippen LogP contribution in [0.2, 0.25) is 0 Å². The molecule has 49 heavy (non-hydrogen) atoms. The monoisotopic (exact) mass is 678 g/mol. The number of Topliss-reactive ketones (excluding diaryl/α,β-unsaturated/α-hetero) is 1. The normalized spacial score (nSPS) is 34.1. The molecule has 0 amide bonds. The Balaban J connectivity index is 1.40. The predicted molar refractivity (Wildman–Crippen MR) is 179 cm³/mol. The lowest BCUT2D eigenvalue weighted by atomic mass is 9.44. The Labute approximate surface area is 285 Å². The molecule has 14 heteroatoms. The highest BCUT2D eigenvalue weighted by molar-refractivity contribution is 6.18. The largest absolute Gasteiger partial charge is 0.462 e. The van der Waals surface area contributed by atoms with Crippen molar-refractivity contribution in [1.82, 2.24) is 15.3 Å². The van der Waals surface area contributed by atoms with E-state index in [-0.39, 0.29) is 71.1 Å². The van der Waals surface area contributed by atoms with E-state index in [4.69, 9.17) is 19.9 Å². The summed E-state index contributed by atoms with van der Waals surface area (Å²) in [5.41, 5.74) is 4.67. The Morgan fingerprint density at radius 2 is 1.94 bits per heavy atom. The molecule has 5 unspecified atom stereocenters. The molecule has 1 saturated heterocycles. The van der Waals surface area contributed by atoms with Gasteiger partial charge < -0.3 is 35.5 Å². The third-order valence-electron chi connectivity index (χ3n) is 11.6. The Morgan fingerprint density at radius 3 is 2.57 bits per heavy atom. The van der Waals surface area contributed by atoms with Crippen molar-refractivity contribution in [1.29, 1.82) is 0 Å². The Bertz CT molecular complexity index is 1620. The highest BCUT2D eigenvalue weighted by Crippen LogP contribution is 2.66. The third-order valence-corrected chi connectivity index (χ3v) is 11.6. The number of allylic oxidation sites excluding steroid dienone is 1. The van der Waals surface area contributed by atoms with Crippen molar-refractivity contribution < 1.29 is 38.8 Å². The molecule has 2 aliphatic carbocycles. The van der Waals surface area contributed by atoms with Gasteiger partial charge in [0.2, 0.25) is 5.95 Å². The average molecular weight is 679 g/mol. The lowest BCUT2D eigenvalue weighted by Crippen LogP contribution is -2.61. The summed E-state index contributed by atoms with van der Waals surface area (Å²) in [6, 6.07) is -1.39. The molecule has 264 valence electrons. The van der Waals surface area contributed by atoms with E-state index >= 15 is 0 Å². The SMILES string of the molecule is CCOC(=O)/C(=C1/C=C(C(CC2C3(CCC4[C@]2(C)CC[C@@H](O)[C@@]4(C)CO)CO3)NC(C)C(=O)CC2=NCC=N2)C(=O)O1)c1cnc(N)nc1. The second kappa shape index (κ2) is 13.5. The van der Waals surface area contributed by atoms with Crippen LogP contribution in [0, 0.1) is 22.7 Å². The van der Waals surface area contributed by atoms with E-state index < -0.39 is 41.1 Å². The molecule has 0 bridgehead atoms. The first-order valence-electron chi connectivity index (χ1n) is 17.1. The number of carbonyl (C=O) groups excluding carboxylic acids is 3. The first-order chi connectivity index (χ1) is 23.3. The number of hydrogen-bond acceptors (Lipinski definition) is 14. The maximum absolute atomic E-state index is 13.8. The van der Waals surface area contributed by atoms with Gasteiger partial charge in [0.1, 0.15) is 17.2 Å². The summed E-state index contributed by atoms with van der Waals surface area (Å²) in [6.45, 7) is 8.52. The summed E-state index contributed by atoms with van der Waals surface area (Å²) in [6.07, 6.45) is 8.47. The number of nitrogens with two attached hydrogens (primary N) is 1. The standard InChI is InChI=1S/C35H46N6O8/c1-5-47-31(46)29(20-15-39-32(36)40-16-20)24-12-21(30(45)49-24)22(41-19(2)23(43)14-28-37-10-11-38-28)13-26-33(3)8-7-27(44)34(4,17-42)25(33)6-9-35(26)18-48-35/h10,12,15-16,19,22,25-27,41-42,44H,5-9,11,13-14,17-18H2,1-4H3,(H2,36,39,40)/b29-24-/t19?,22?,25?,26?,27-,33+,34+,35?/m1/s1. The molecule has 14 nitrogen and oxygen atoms in total. The van der Waals surface area contributed by atoms with Crippen molar-refractivity contribution in [2.45, 2.75) is 90.0 Å². The quantitative estimate of drug-likeness (QED) is 0.142. The Hall–Kier alpha value is -3.85. The van der Waals surface area contributed by atoms with Crippen LogP contribution in [0.5, 0.6) is 0 Å². The molecule has 8 atom stereocenters. The Kier molecular flexibility index (Phi) is 9.61. The molecule has 4 heterocycles. The van der Waals surface area contributed by atoms with E-state index in [1.165, 1.54) is 18.5 Å². The number of anilines is 1. The number of nitrogens with one attached hydrogen (secondary N) is 1. The van der Waals surface area contributed by atoms with E-state index in [0.29, 0.717) is 38.2 Å². The first kappa shape index (κ1) is 35.0. The smallest absolute Gasteiger partial charge is 0.342 e. The zero-order valence-corrected chi connectivity index (χ0v) is 28.5. The van der Waals surface area contributed by atoms with Gasteiger partial charge in [0.25, 0.3) is 0 Å². The topological polar surface area (TPSA) is 211 Å². The van der Waals surface area contributed by atoms with Crippen molar-refractivity contribution in [3.63, 3.8) is 0 Å². The zero-order chi connectivity index (χ0) is 35.1. The molecule has 3 aliphatic heterocycles. The minimum Gasteiger partial charge on any atom is -0.462 e. The van der Waals surface area contributed by atoms with Crippen LogP contribution in [0.25, 0.3) is 5.57 Å². The van der Waals surface area contributed by atoms with Gasteiger partial charge in [0.05, 0.1) is 56.1 Å². The number of carbonyl (C=O) groups is 3. The zero-order valence-electron chi connectivity index (χ0n) is 28.5. The Morgan fingerprint density at radius 1 is 1.20 bits per heavy atom. The molecule has 5 N–H and O–H groups in total. The second-order valence-corrected chi connectivity index (χ2v) is 14.4. The summed E-state index contributed by atoms with van der Waals surface area (Å²) in [4.78, 5) is 56.9. The van der Waals surface area contributed by atoms with Crippen LogP contribution in [0.1, 0.15) is 71.8 Å². The maximum atomic E-state index is 13.8. The minimum atomic E-state index is -0.723. The van der Waals surface area contributed by atoms with Crippen molar-refractivity contribution in [2.75, 3.05) is 32.1 Å². The van der Waals surface area contributed by atoms with Crippen molar-refractivity contribution in [3.05, 3.63) is 35.4 Å². The number of ketones is 1. The number of epoxide rings is 1.